The van der Waals surface area contributed by atoms with Gasteiger partial charge in [-0.2, -0.15) is 4.98 Å². The quantitative estimate of drug-likeness (QED) is 0.612. The number of nitrogen functional groups attached to an aromatic ring is 1. The number of rotatable bonds is 6. The molecule has 0 radical (unpaired) electrons. The Morgan fingerprint density at radius 3 is 2.35 bits per heavy atom. The van der Waals surface area contributed by atoms with Gasteiger partial charge in [-0.3, -0.25) is 0 Å². The van der Waals surface area contributed by atoms with Gasteiger partial charge < -0.3 is 20.5 Å². The van der Waals surface area contributed by atoms with Crippen LogP contribution >= 0.6 is 15.9 Å². The fourth-order valence-electron chi connectivity index (χ4n) is 2.82. The van der Waals surface area contributed by atoms with E-state index in [0.717, 1.165) is 21.8 Å². The van der Waals surface area contributed by atoms with E-state index in [4.69, 9.17) is 15.2 Å². The van der Waals surface area contributed by atoms with Gasteiger partial charge in [0.05, 0.1) is 25.8 Å². The van der Waals surface area contributed by atoms with Crippen molar-refractivity contribution in [3.8, 4) is 11.5 Å². The third-order valence-electron chi connectivity index (χ3n) is 4.21. The van der Waals surface area contributed by atoms with E-state index < -0.39 is 0 Å². The number of benzene rings is 2. The van der Waals surface area contributed by atoms with Crippen LogP contribution in [0.3, 0.4) is 0 Å². The van der Waals surface area contributed by atoms with Crippen molar-refractivity contribution in [2.75, 3.05) is 25.3 Å². The smallest absolute Gasteiger partial charge is 0.225 e. The average molecular weight is 417 g/mol. The molecular weight excluding hydrogens is 396 g/mol. The first-order valence-corrected chi connectivity index (χ1v) is 9.06. The lowest BCUT2D eigenvalue weighted by Crippen LogP contribution is -2.13. The summed E-state index contributed by atoms with van der Waals surface area (Å²) in [6.07, 6.45) is 0.884. The highest BCUT2D eigenvalue weighted by molar-refractivity contribution is 9.10. The molecule has 0 fully saturated rings. The number of ether oxygens (including phenoxy) is 2. The first kappa shape index (κ1) is 18.3. The third-order valence-corrected chi connectivity index (χ3v) is 4.74. The van der Waals surface area contributed by atoms with Crippen LogP contribution in [0, 0.1) is 0 Å². The van der Waals surface area contributed by atoms with Crippen LogP contribution in [0.4, 0.5) is 11.8 Å². The van der Waals surface area contributed by atoms with E-state index in [-0.39, 0.29) is 6.04 Å². The highest BCUT2D eigenvalue weighted by atomic mass is 79.9. The second kappa shape index (κ2) is 7.78. The highest BCUT2D eigenvalue weighted by Crippen LogP contribution is 2.34. The van der Waals surface area contributed by atoms with Gasteiger partial charge in [-0.05, 0) is 30.2 Å². The Bertz CT molecular complexity index is 916. The van der Waals surface area contributed by atoms with E-state index in [1.54, 1.807) is 26.4 Å². The van der Waals surface area contributed by atoms with Crippen LogP contribution in [0.15, 0.2) is 40.9 Å². The molecule has 0 amide bonds. The van der Waals surface area contributed by atoms with Crippen molar-refractivity contribution in [1.29, 1.82) is 0 Å². The standard InChI is InChI=1S/C19H21BrN4O2/c1-4-14(11-5-7-12(20)8-6-11)22-19-23-15-10-17(26-3)16(25-2)9-13(15)18(21)24-19/h5-10,14H,4H2,1-3H3,(H3,21,22,23,24). The summed E-state index contributed by atoms with van der Waals surface area (Å²) in [6.45, 7) is 2.11. The molecule has 0 bridgehead atoms. The molecule has 1 heterocycles. The van der Waals surface area contributed by atoms with E-state index >= 15 is 0 Å². The van der Waals surface area contributed by atoms with Crippen molar-refractivity contribution < 1.29 is 9.47 Å². The third kappa shape index (κ3) is 3.67. The number of nitrogens with two attached hydrogens (primary N) is 1. The predicted octanol–water partition coefficient (Wildman–Crippen LogP) is 4.55. The molecule has 3 rings (SSSR count). The highest BCUT2D eigenvalue weighted by Gasteiger charge is 2.15. The van der Waals surface area contributed by atoms with E-state index in [1.807, 2.05) is 12.1 Å². The maximum absolute atomic E-state index is 6.15. The number of methoxy groups -OCH3 is 2. The molecule has 3 aromatic rings. The first-order chi connectivity index (χ1) is 12.5. The minimum Gasteiger partial charge on any atom is -0.493 e. The van der Waals surface area contributed by atoms with Crippen LogP contribution in [0.2, 0.25) is 0 Å². The van der Waals surface area contributed by atoms with Crippen molar-refractivity contribution in [3.63, 3.8) is 0 Å². The molecule has 0 aliphatic carbocycles. The summed E-state index contributed by atoms with van der Waals surface area (Å²) < 4.78 is 11.7. The molecule has 1 unspecified atom stereocenters. The van der Waals surface area contributed by atoms with Gasteiger partial charge in [0.1, 0.15) is 5.82 Å². The molecule has 0 saturated carbocycles. The summed E-state index contributed by atoms with van der Waals surface area (Å²) in [5.41, 5.74) is 8.01. The number of nitrogens with one attached hydrogen (secondary N) is 1. The normalized spacial score (nSPS) is 12.0. The maximum Gasteiger partial charge on any atom is 0.225 e. The number of halogens is 1. The molecule has 2 aromatic carbocycles. The fraction of sp³-hybridized carbons (Fsp3) is 0.263. The maximum atomic E-state index is 6.15. The zero-order chi connectivity index (χ0) is 18.7. The summed E-state index contributed by atoms with van der Waals surface area (Å²) in [5, 5.41) is 4.10. The van der Waals surface area contributed by atoms with Crippen LogP contribution in [0.5, 0.6) is 11.5 Å². The van der Waals surface area contributed by atoms with Crippen LogP contribution in [0.25, 0.3) is 10.9 Å². The average Bonchev–Trinajstić information content (AvgIpc) is 2.66. The van der Waals surface area contributed by atoms with Gasteiger partial charge in [0, 0.05) is 15.9 Å². The summed E-state index contributed by atoms with van der Waals surface area (Å²) >= 11 is 3.46. The van der Waals surface area contributed by atoms with Gasteiger partial charge in [0.25, 0.3) is 0 Å². The summed E-state index contributed by atoms with van der Waals surface area (Å²) in [5.74, 6) is 2.07. The van der Waals surface area contributed by atoms with Crippen LogP contribution in [-0.4, -0.2) is 24.2 Å². The molecule has 26 heavy (non-hydrogen) atoms. The lowest BCUT2D eigenvalue weighted by atomic mass is 10.1. The van der Waals surface area contributed by atoms with Crippen molar-refractivity contribution in [2.45, 2.75) is 19.4 Å². The molecule has 0 aliphatic heterocycles. The topological polar surface area (TPSA) is 82.3 Å². The summed E-state index contributed by atoms with van der Waals surface area (Å²) in [7, 11) is 3.18. The van der Waals surface area contributed by atoms with Gasteiger partial charge in [-0.1, -0.05) is 35.0 Å². The van der Waals surface area contributed by atoms with Gasteiger partial charge in [0.2, 0.25) is 5.95 Å². The van der Waals surface area contributed by atoms with Gasteiger partial charge in [-0.25, -0.2) is 4.98 Å². The van der Waals surface area contributed by atoms with Crippen molar-refractivity contribution >= 4 is 38.6 Å². The molecule has 6 nitrogen and oxygen atoms in total. The fourth-order valence-corrected chi connectivity index (χ4v) is 3.08. The van der Waals surface area contributed by atoms with Gasteiger partial charge >= 0.3 is 0 Å². The molecule has 7 heteroatoms. The predicted molar refractivity (Wildman–Crippen MR) is 108 cm³/mol. The molecule has 0 saturated heterocycles. The lowest BCUT2D eigenvalue weighted by molar-refractivity contribution is 0.356. The number of hydrogen-bond donors (Lipinski definition) is 2. The molecule has 1 atom stereocenters. The van der Waals surface area contributed by atoms with Gasteiger partial charge in [-0.15, -0.1) is 0 Å². The summed E-state index contributed by atoms with van der Waals surface area (Å²) in [6, 6.07) is 11.9. The number of hydrogen-bond acceptors (Lipinski definition) is 6. The van der Waals surface area contributed by atoms with E-state index in [9.17, 15) is 0 Å². The Hall–Kier alpha value is -2.54. The Morgan fingerprint density at radius 1 is 1.08 bits per heavy atom. The second-order valence-corrected chi connectivity index (χ2v) is 6.73. The van der Waals surface area contributed by atoms with E-state index in [1.165, 1.54) is 0 Å². The molecule has 136 valence electrons. The molecule has 0 aliphatic rings. The second-order valence-electron chi connectivity index (χ2n) is 5.81. The van der Waals surface area contributed by atoms with Crippen molar-refractivity contribution in [2.24, 2.45) is 0 Å². The minimum absolute atomic E-state index is 0.0834. The SMILES string of the molecule is CCC(Nc1nc(N)c2cc(OC)c(OC)cc2n1)c1ccc(Br)cc1. The zero-order valence-electron chi connectivity index (χ0n) is 14.9. The molecule has 0 spiro atoms. The Labute approximate surface area is 160 Å². The van der Waals surface area contributed by atoms with E-state index in [0.29, 0.717) is 28.8 Å². The number of nitrogens with zero attached hydrogens (tertiary/aromatic N) is 2. The number of aromatic nitrogens is 2. The molecule has 3 N–H and O–H groups in total. The van der Waals surface area contributed by atoms with Crippen LogP contribution in [-0.2, 0) is 0 Å². The van der Waals surface area contributed by atoms with Crippen LogP contribution < -0.4 is 20.5 Å². The van der Waals surface area contributed by atoms with Crippen molar-refractivity contribution in [1.82, 2.24) is 9.97 Å². The Kier molecular flexibility index (Phi) is 5.46. The van der Waals surface area contributed by atoms with Crippen LogP contribution in [0.1, 0.15) is 24.9 Å². The number of fused-ring (bicyclic) bond motifs is 1. The van der Waals surface area contributed by atoms with E-state index in [2.05, 4.69) is 50.3 Å². The molecule has 1 aromatic heterocycles. The van der Waals surface area contributed by atoms with Gasteiger partial charge in [0.15, 0.2) is 11.5 Å². The first-order valence-electron chi connectivity index (χ1n) is 8.27. The lowest BCUT2D eigenvalue weighted by Gasteiger charge is -2.18. The monoisotopic (exact) mass is 416 g/mol. The zero-order valence-corrected chi connectivity index (χ0v) is 16.5. The summed E-state index contributed by atoms with van der Waals surface area (Å²) in [4.78, 5) is 9.02. The van der Waals surface area contributed by atoms with Crippen molar-refractivity contribution in [3.05, 3.63) is 46.4 Å². The molecular formula is C19H21BrN4O2. The minimum atomic E-state index is 0.0834. The Balaban J connectivity index is 1.98. The number of anilines is 2. The largest absolute Gasteiger partial charge is 0.493 e. The Morgan fingerprint density at radius 2 is 1.73 bits per heavy atom.